The molecule has 1 aliphatic heterocycles. The minimum atomic E-state index is -1.01. The summed E-state index contributed by atoms with van der Waals surface area (Å²) < 4.78 is 4.93. The predicted molar refractivity (Wildman–Crippen MR) is 82.9 cm³/mol. The molecule has 1 heterocycles. The Morgan fingerprint density at radius 1 is 1.38 bits per heavy atom. The van der Waals surface area contributed by atoms with E-state index in [2.05, 4.69) is 0 Å². The smallest absolute Gasteiger partial charge is 0.326 e. The van der Waals surface area contributed by atoms with Crippen LogP contribution in [0.3, 0.4) is 0 Å². The fourth-order valence-electron chi connectivity index (χ4n) is 3.96. The van der Waals surface area contributed by atoms with E-state index in [4.69, 9.17) is 4.74 Å². The van der Waals surface area contributed by atoms with Crippen molar-refractivity contribution in [3.63, 3.8) is 0 Å². The van der Waals surface area contributed by atoms with E-state index in [-0.39, 0.29) is 28.8 Å². The molecule has 2 aliphatic rings. The SMILES string of the molecule is COc1ccc(C(=O)N2CC3CCCC3C2C(=O)O)cc1[N+](=O)[O-]. The molecule has 3 atom stereocenters. The fourth-order valence-corrected chi connectivity index (χ4v) is 3.96. The fraction of sp³-hybridized carbons (Fsp3) is 0.500. The number of amides is 1. The summed E-state index contributed by atoms with van der Waals surface area (Å²) in [4.78, 5) is 36.3. The molecule has 128 valence electrons. The van der Waals surface area contributed by atoms with E-state index in [9.17, 15) is 24.8 Å². The van der Waals surface area contributed by atoms with Crippen molar-refractivity contribution in [1.29, 1.82) is 0 Å². The van der Waals surface area contributed by atoms with Gasteiger partial charge in [0.2, 0.25) is 0 Å². The van der Waals surface area contributed by atoms with Crippen molar-refractivity contribution < 1.29 is 24.4 Å². The molecule has 8 heteroatoms. The predicted octanol–water partition coefficient (Wildman–Crippen LogP) is 1.93. The zero-order valence-electron chi connectivity index (χ0n) is 13.2. The lowest BCUT2D eigenvalue weighted by Gasteiger charge is -2.24. The van der Waals surface area contributed by atoms with Crippen molar-refractivity contribution in [3.05, 3.63) is 33.9 Å². The first-order chi connectivity index (χ1) is 11.4. The average Bonchev–Trinajstić information content (AvgIpc) is 3.13. The van der Waals surface area contributed by atoms with E-state index in [1.54, 1.807) is 0 Å². The number of hydrogen-bond acceptors (Lipinski definition) is 5. The second-order valence-electron chi connectivity index (χ2n) is 6.24. The van der Waals surface area contributed by atoms with Gasteiger partial charge in [0.05, 0.1) is 12.0 Å². The minimum Gasteiger partial charge on any atom is -0.490 e. The van der Waals surface area contributed by atoms with Gasteiger partial charge in [0.1, 0.15) is 6.04 Å². The molecule has 8 nitrogen and oxygen atoms in total. The van der Waals surface area contributed by atoms with Gasteiger partial charge in [0.15, 0.2) is 5.75 Å². The van der Waals surface area contributed by atoms with Crippen molar-refractivity contribution in [3.8, 4) is 5.75 Å². The Morgan fingerprint density at radius 3 is 2.75 bits per heavy atom. The number of benzene rings is 1. The van der Waals surface area contributed by atoms with Gasteiger partial charge < -0.3 is 14.7 Å². The van der Waals surface area contributed by atoms with Crippen LogP contribution in [-0.2, 0) is 4.79 Å². The van der Waals surface area contributed by atoms with Crippen LogP contribution in [0.15, 0.2) is 18.2 Å². The van der Waals surface area contributed by atoms with Crippen LogP contribution < -0.4 is 4.74 Å². The summed E-state index contributed by atoms with van der Waals surface area (Å²) in [6.07, 6.45) is 2.70. The lowest BCUT2D eigenvalue weighted by Crippen LogP contribution is -2.43. The Kier molecular flexibility index (Phi) is 4.13. The molecule has 1 amide bonds. The highest BCUT2D eigenvalue weighted by Gasteiger charge is 2.49. The zero-order chi connectivity index (χ0) is 17.4. The van der Waals surface area contributed by atoms with Gasteiger partial charge in [-0.1, -0.05) is 6.42 Å². The molecule has 1 aliphatic carbocycles. The highest BCUT2D eigenvalue weighted by Crippen LogP contribution is 2.43. The van der Waals surface area contributed by atoms with Crippen molar-refractivity contribution in [2.75, 3.05) is 13.7 Å². The van der Waals surface area contributed by atoms with Crippen LogP contribution in [0.4, 0.5) is 5.69 Å². The lowest BCUT2D eigenvalue weighted by atomic mass is 9.94. The molecule has 3 unspecified atom stereocenters. The minimum absolute atomic E-state index is 0.0281. The third-order valence-electron chi connectivity index (χ3n) is 5.03. The number of nitro groups is 1. The number of aliphatic carboxylic acids is 1. The van der Waals surface area contributed by atoms with E-state index >= 15 is 0 Å². The van der Waals surface area contributed by atoms with Crippen molar-refractivity contribution in [2.24, 2.45) is 11.8 Å². The summed E-state index contributed by atoms with van der Waals surface area (Å²) in [6, 6.07) is 3.08. The van der Waals surface area contributed by atoms with Gasteiger partial charge in [-0.05, 0) is 36.8 Å². The van der Waals surface area contributed by atoms with E-state index in [1.165, 1.54) is 24.1 Å². The van der Waals surface area contributed by atoms with Crippen LogP contribution >= 0.6 is 0 Å². The molecule has 24 heavy (non-hydrogen) atoms. The number of carbonyl (C=O) groups is 2. The highest BCUT2D eigenvalue weighted by molar-refractivity contribution is 5.98. The van der Waals surface area contributed by atoms with Crippen LogP contribution in [-0.4, -0.2) is 46.5 Å². The molecule has 2 fully saturated rings. The first-order valence-corrected chi connectivity index (χ1v) is 7.80. The van der Waals surface area contributed by atoms with Gasteiger partial charge in [0, 0.05) is 18.2 Å². The highest BCUT2D eigenvalue weighted by atomic mass is 16.6. The normalized spacial score (nSPS) is 25.4. The number of carboxylic acids is 1. The Bertz CT molecular complexity index is 704. The maximum absolute atomic E-state index is 12.8. The molecule has 1 aromatic carbocycles. The molecular formula is C16H18N2O6. The number of carbonyl (C=O) groups excluding carboxylic acids is 1. The molecule has 1 aromatic rings. The molecule has 0 aromatic heterocycles. The number of nitrogens with zero attached hydrogens (tertiary/aromatic N) is 2. The van der Waals surface area contributed by atoms with Crippen molar-refractivity contribution >= 4 is 17.6 Å². The second-order valence-corrected chi connectivity index (χ2v) is 6.24. The molecular weight excluding hydrogens is 316 g/mol. The van der Waals surface area contributed by atoms with E-state index in [0.29, 0.717) is 6.54 Å². The number of rotatable bonds is 4. The Balaban J connectivity index is 1.92. The molecule has 1 saturated carbocycles. The third kappa shape index (κ3) is 2.57. The third-order valence-corrected chi connectivity index (χ3v) is 5.03. The first kappa shape index (κ1) is 16.2. The van der Waals surface area contributed by atoms with Crippen LogP contribution in [0, 0.1) is 22.0 Å². The molecule has 1 N–H and O–H groups in total. The lowest BCUT2D eigenvalue weighted by molar-refractivity contribution is -0.385. The number of methoxy groups -OCH3 is 1. The summed E-state index contributed by atoms with van der Waals surface area (Å²) >= 11 is 0. The quantitative estimate of drug-likeness (QED) is 0.665. The maximum atomic E-state index is 12.8. The number of ether oxygens (including phenoxy) is 1. The average molecular weight is 334 g/mol. The molecule has 0 spiro atoms. The van der Waals surface area contributed by atoms with Crippen LogP contribution in [0.2, 0.25) is 0 Å². The standard InChI is InChI=1S/C16H18N2O6/c1-24-13-6-5-9(7-12(13)18(22)23)15(19)17-8-10-3-2-4-11(10)14(17)16(20)21/h5-7,10-11,14H,2-4,8H2,1H3,(H,20,21). The van der Waals surface area contributed by atoms with Crippen LogP contribution in [0.5, 0.6) is 5.75 Å². The van der Waals surface area contributed by atoms with Gasteiger partial charge in [0.25, 0.3) is 5.91 Å². The first-order valence-electron chi connectivity index (χ1n) is 7.80. The zero-order valence-corrected chi connectivity index (χ0v) is 13.2. The number of fused-ring (bicyclic) bond motifs is 1. The molecule has 0 bridgehead atoms. The van der Waals surface area contributed by atoms with Crippen molar-refractivity contribution in [2.45, 2.75) is 25.3 Å². The Hall–Kier alpha value is -2.64. The van der Waals surface area contributed by atoms with E-state index in [0.717, 1.165) is 25.3 Å². The van der Waals surface area contributed by atoms with Gasteiger partial charge in [-0.2, -0.15) is 0 Å². The molecule has 1 saturated heterocycles. The van der Waals surface area contributed by atoms with Gasteiger partial charge in [-0.3, -0.25) is 14.9 Å². The molecule has 3 rings (SSSR count). The maximum Gasteiger partial charge on any atom is 0.326 e. The summed E-state index contributed by atoms with van der Waals surface area (Å²) in [5.41, 5.74) is -0.205. The monoisotopic (exact) mass is 334 g/mol. The number of carboxylic acid groups (broad SMARTS) is 1. The molecule has 0 radical (unpaired) electrons. The van der Waals surface area contributed by atoms with Gasteiger partial charge >= 0.3 is 11.7 Å². The van der Waals surface area contributed by atoms with Crippen LogP contribution in [0.25, 0.3) is 0 Å². The Labute approximate surface area is 138 Å². The van der Waals surface area contributed by atoms with Crippen molar-refractivity contribution in [1.82, 2.24) is 4.90 Å². The number of likely N-dealkylation sites (tertiary alicyclic amines) is 1. The van der Waals surface area contributed by atoms with Crippen LogP contribution in [0.1, 0.15) is 29.6 Å². The van der Waals surface area contributed by atoms with Gasteiger partial charge in [-0.25, -0.2) is 4.79 Å². The number of hydrogen-bond donors (Lipinski definition) is 1. The summed E-state index contributed by atoms with van der Waals surface area (Å²) in [7, 11) is 1.31. The largest absolute Gasteiger partial charge is 0.490 e. The van der Waals surface area contributed by atoms with Gasteiger partial charge in [-0.15, -0.1) is 0 Å². The second kappa shape index (κ2) is 6.10. The Morgan fingerprint density at radius 2 is 2.12 bits per heavy atom. The summed E-state index contributed by atoms with van der Waals surface area (Å²) in [5, 5.41) is 20.6. The topological polar surface area (TPSA) is 110 Å². The van der Waals surface area contributed by atoms with E-state index < -0.39 is 22.8 Å². The van der Waals surface area contributed by atoms with E-state index in [1.807, 2.05) is 0 Å². The summed E-state index contributed by atoms with van der Waals surface area (Å²) in [6.45, 7) is 0.389. The number of nitro benzene ring substituents is 1. The summed E-state index contributed by atoms with van der Waals surface area (Å²) in [5.74, 6) is -1.27.